The highest BCUT2D eigenvalue weighted by Crippen LogP contribution is 2.55. The van der Waals surface area contributed by atoms with Crippen molar-refractivity contribution in [1.29, 1.82) is 5.26 Å². The number of morpholine rings is 1. The Kier molecular flexibility index (Phi) is 12.1. The molecule has 3 N–H and O–H groups in total. The largest absolute Gasteiger partial charge is 0.496 e. The maximum absolute atomic E-state index is 13.6. The lowest BCUT2D eigenvalue weighted by Crippen LogP contribution is -2.74. The quantitative estimate of drug-likeness (QED) is 0.236. The van der Waals surface area contributed by atoms with Crippen molar-refractivity contribution in [3.8, 4) is 17.6 Å². The van der Waals surface area contributed by atoms with Crippen LogP contribution in [0.25, 0.3) is 0 Å². The third kappa shape index (κ3) is 8.65. The molecule has 14 nitrogen and oxygen atoms in total. The van der Waals surface area contributed by atoms with Gasteiger partial charge in [0.05, 0.1) is 37.0 Å². The number of nitrogens with one attached hydrogen (secondary N) is 3. The normalized spacial score (nSPS) is 23.8. The van der Waals surface area contributed by atoms with Crippen molar-refractivity contribution in [1.82, 2.24) is 20.9 Å². The Hall–Kier alpha value is -5.65. The molecule has 0 spiro atoms. The van der Waals surface area contributed by atoms with E-state index < -0.39 is 17.9 Å². The van der Waals surface area contributed by atoms with E-state index in [1.165, 1.54) is 7.11 Å². The first kappa shape index (κ1) is 42.5. The average molecular weight is 820 g/mol. The third-order valence-corrected chi connectivity index (χ3v) is 12.8. The molecule has 14 heteroatoms. The molecule has 3 saturated heterocycles. The number of nitriles is 1. The van der Waals surface area contributed by atoms with Crippen molar-refractivity contribution < 1.29 is 33.4 Å². The van der Waals surface area contributed by atoms with Crippen LogP contribution in [0.2, 0.25) is 0 Å². The fourth-order valence-corrected chi connectivity index (χ4v) is 9.81. The molecule has 1 saturated carbocycles. The number of benzene rings is 3. The van der Waals surface area contributed by atoms with Gasteiger partial charge in [-0.3, -0.25) is 29.4 Å². The maximum Gasteiger partial charge on any atom is 0.255 e. The summed E-state index contributed by atoms with van der Waals surface area (Å²) in [7, 11) is 1.52. The second-order valence-electron chi connectivity index (χ2n) is 17.7. The van der Waals surface area contributed by atoms with Crippen LogP contribution < -0.4 is 35.2 Å². The van der Waals surface area contributed by atoms with Crippen LogP contribution in [0.15, 0.2) is 54.6 Å². The van der Waals surface area contributed by atoms with Gasteiger partial charge in [-0.1, -0.05) is 27.7 Å². The molecule has 60 heavy (non-hydrogen) atoms. The second-order valence-corrected chi connectivity index (χ2v) is 17.7. The van der Waals surface area contributed by atoms with Crippen molar-refractivity contribution in [2.75, 3.05) is 69.3 Å². The summed E-state index contributed by atoms with van der Waals surface area (Å²) in [5.41, 5.74) is 4.74. The van der Waals surface area contributed by atoms with Gasteiger partial charge in [-0.25, -0.2) is 0 Å². The predicted molar refractivity (Wildman–Crippen MR) is 228 cm³/mol. The molecule has 2 atom stereocenters. The number of imide groups is 1. The first-order valence-corrected chi connectivity index (χ1v) is 20.8. The van der Waals surface area contributed by atoms with Gasteiger partial charge in [-0.15, -0.1) is 0 Å². The van der Waals surface area contributed by atoms with Crippen molar-refractivity contribution >= 4 is 35.0 Å². The molecule has 0 bridgehead atoms. The van der Waals surface area contributed by atoms with Crippen LogP contribution in [0.5, 0.6) is 11.5 Å². The molecule has 1 unspecified atom stereocenters. The van der Waals surface area contributed by atoms with Gasteiger partial charge < -0.3 is 34.6 Å². The number of carbonyl (C=O) groups is 4. The Morgan fingerprint density at radius 2 is 1.55 bits per heavy atom. The highest BCUT2D eigenvalue weighted by atomic mass is 16.5. The Labute approximate surface area is 352 Å². The predicted octanol–water partition coefficient (Wildman–Crippen LogP) is 4.36. The van der Waals surface area contributed by atoms with Gasteiger partial charge in [0.25, 0.3) is 11.8 Å². The van der Waals surface area contributed by atoms with E-state index in [9.17, 15) is 24.4 Å². The maximum atomic E-state index is 13.6. The van der Waals surface area contributed by atoms with E-state index in [-0.39, 0.29) is 53.7 Å². The smallest absolute Gasteiger partial charge is 0.255 e. The molecular weight excluding hydrogens is 763 g/mol. The summed E-state index contributed by atoms with van der Waals surface area (Å²) in [5.74, 6) is -0.212. The van der Waals surface area contributed by atoms with Gasteiger partial charge in [-0.05, 0) is 79.9 Å². The lowest BCUT2D eigenvalue weighted by Gasteiger charge is -2.63. The fourth-order valence-electron chi connectivity index (χ4n) is 9.81. The number of nitrogens with zero attached hydrogens (tertiary/aromatic N) is 4. The number of carbonyl (C=O) groups excluding carboxylic acids is 4. The number of methoxy groups -OCH3 is 1. The molecule has 3 aliphatic heterocycles. The van der Waals surface area contributed by atoms with Crippen LogP contribution in [-0.2, 0) is 14.3 Å². The first-order valence-electron chi connectivity index (χ1n) is 20.8. The van der Waals surface area contributed by atoms with E-state index in [4.69, 9.17) is 14.2 Å². The molecule has 4 fully saturated rings. The minimum Gasteiger partial charge on any atom is -0.496 e. The van der Waals surface area contributed by atoms with Gasteiger partial charge in [0, 0.05) is 92.1 Å². The lowest BCUT2D eigenvalue weighted by molar-refractivity contribution is -0.164. The molecule has 3 aromatic carbocycles. The van der Waals surface area contributed by atoms with Crippen molar-refractivity contribution in [2.24, 2.45) is 10.8 Å². The van der Waals surface area contributed by atoms with E-state index >= 15 is 0 Å². The van der Waals surface area contributed by atoms with Crippen LogP contribution in [-0.4, -0.2) is 112 Å². The number of hydrogen-bond acceptors (Lipinski definition) is 11. The molecule has 4 aliphatic rings. The third-order valence-electron chi connectivity index (χ3n) is 12.8. The minimum absolute atomic E-state index is 0.0332. The van der Waals surface area contributed by atoms with E-state index in [2.05, 4.69) is 64.4 Å². The van der Waals surface area contributed by atoms with Crippen LogP contribution in [0.3, 0.4) is 0 Å². The van der Waals surface area contributed by atoms with Gasteiger partial charge >= 0.3 is 0 Å². The number of piperidine rings is 1. The Morgan fingerprint density at radius 1 is 0.883 bits per heavy atom. The van der Waals surface area contributed by atoms with E-state index in [0.29, 0.717) is 29.0 Å². The van der Waals surface area contributed by atoms with Crippen molar-refractivity contribution in [2.45, 2.75) is 78.7 Å². The molecule has 3 heterocycles. The molecule has 3 aromatic rings. The van der Waals surface area contributed by atoms with Gasteiger partial charge in [-0.2, -0.15) is 5.26 Å². The standard InChI is InChI=1S/C46H57N7O7/c1-28-22-33(23-29(2)36(28)25-47)60-44-45(3,4)43(46(44,5)6)50-40(55)30-8-10-31(11-9-30)53-20-21-59-34(27-53)26-51-16-18-52(19-17-51)32-12-13-35(38(24-32)58-7)41(56)48-37-14-15-39(54)49-42(37)57/h8-13,22-24,34,37,43-44H,14-21,26-27H2,1-7H3,(H,48,56)(H,50,55)(H,49,54,57)/t34-,37?,43?,44?/m0/s1. The number of anilines is 2. The summed E-state index contributed by atoms with van der Waals surface area (Å²) in [4.78, 5) is 57.3. The number of aryl methyl sites for hydroxylation is 2. The fraction of sp³-hybridized carbons (Fsp3) is 0.500. The number of hydrogen-bond donors (Lipinski definition) is 3. The molecule has 0 radical (unpaired) electrons. The molecular formula is C46H57N7O7. The molecule has 7 rings (SSSR count). The summed E-state index contributed by atoms with van der Waals surface area (Å²) in [5, 5.41) is 17.8. The summed E-state index contributed by atoms with van der Waals surface area (Å²) in [6.45, 7) is 18.6. The number of piperazine rings is 1. The molecule has 4 amide bonds. The zero-order chi connectivity index (χ0) is 42.9. The van der Waals surface area contributed by atoms with Gasteiger partial charge in [0.2, 0.25) is 11.8 Å². The Morgan fingerprint density at radius 3 is 2.18 bits per heavy atom. The second kappa shape index (κ2) is 17.1. The number of rotatable bonds is 11. The summed E-state index contributed by atoms with van der Waals surface area (Å²) in [6.07, 6.45) is 0.339. The molecule has 0 aromatic heterocycles. The first-order chi connectivity index (χ1) is 28.6. The lowest BCUT2D eigenvalue weighted by atomic mass is 9.49. The summed E-state index contributed by atoms with van der Waals surface area (Å²) in [6, 6.07) is 18.5. The number of amides is 4. The van der Waals surface area contributed by atoms with E-state index in [0.717, 1.165) is 74.1 Å². The summed E-state index contributed by atoms with van der Waals surface area (Å²) < 4.78 is 18.4. The zero-order valence-electron chi connectivity index (χ0n) is 35.7. The highest BCUT2D eigenvalue weighted by molar-refractivity contribution is 6.04. The van der Waals surface area contributed by atoms with Crippen molar-refractivity contribution in [3.63, 3.8) is 0 Å². The van der Waals surface area contributed by atoms with E-state index in [1.54, 1.807) is 6.07 Å². The monoisotopic (exact) mass is 819 g/mol. The number of ether oxygens (including phenoxy) is 3. The average Bonchev–Trinajstić information content (AvgIpc) is 3.22. The van der Waals surface area contributed by atoms with Crippen LogP contribution in [0, 0.1) is 36.0 Å². The summed E-state index contributed by atoms with van der Waals surface area (Å²) >= 11 is 0. The van der Waals surface area contributed by atoms with Gasteiger partial charge in [0.1, 0.15) is 23.6 Å². The van der Waals surface area contributed by atoms with Crippen molar-refractivity contribution in [3.05, 3.63) is 82.4 Å². The minimum atomic E-state index is -0.765. The van der Waals surface area contributed by atoms with Gasteiger partial charge in [0.15, 0.2) is 0 Å². The zero-order valence-corrected chi connectivity index (χ0v) is 35.7. The van der Waals surface area contributed by atoms with Crippen LogP contribution in [0.4, 0.5) is 11.4 Å². The highest BCUT2D eigenvalue weighted by Gasteiger charge is 2.64. The SMILES string of the molecule is COc1cc(N2CCN(C[C@H]3CN(c4ccc(C(=O)NC5C(C)(C)C(Oc6cc(C)c(C#N)c(C)c6)C5(C)C)cc4)CCO3)CC2)ccc1C(=O)NC1CCC(=O)NC1=O. The Bertz CT molecular complexity index is 2130. The topological polar surface area (TPSA) is 166 Å². The van der Waals surface area contributed by atoms with Crippen LogP contribution >= 0.6 is 0 Å². The molecule has 318 valence electrons. The Balaban J connectivity index is 0.887. The van der Waals surface area contributed by atoms with E-state index in [1.807, 2.05) is 62.4 Å². The molecule has 1 aliphatic carbocycles. The van der Waals surface area contributed by atoms with Crippen LogP contribution in [0.1, 0.15) is 77.9 Å².